The van der Waals surface area contributed by atoms with E-state index in [0.717, 1.165) is 42.5 Å². The molecule has 2 amide bonds. The first kappa shape index (κ1) is 18.3. The molecule has 2 fully saturated rings. The summed E-state index contributed by atoms with van der Waals surface area (Å²) in [6.07, 6.45) is 2.87. The van der Waals surface area contributed by atoms with Gasteiger partial charge in [-0.25, -0.2) is 10.4 Å². The summed E-state index contributed by atoms with van der Waals surface area (Å²) in [5, 5.41) is 1.89. The maximum atomic E-state index is 12.0. The van der Waals surface area contributed by atoms with E-state index in [9.17, 15) is 9.59 Å². The lowest BCUT2D eigenvalue weighted by atomic mass is 9.96. The van der Waals surface area contributed by atoms with E-state index < -0.39 is 6.04 Å². The Morgan fingerprint density at radius 3 is 2.48 bits per heavy atom. The molecule has 2 aliphatic rings. The second kappa shape index (κ2) is 8.27. The number of amides is 2. The standard InChI is InChI=1S/C18H25ClN4O2/c19-15-3-1-14(2-4-15)12-22-9-7-13(8-10-22)11-21-23-17(24)6-5-16(20)18(23)25/h1-4,13,16,21H,5-12,20H2. The van der Waals surface area contributed by atoms with Gasteiger partial charge in [-0.2, -0.15) is 0 Å². The molecule has 1 atom stereocenters. The molecule has 0 aromatic heterocycles. The molecule has 3 N–H and O–H groups in total. The van der Waals surface area contributed by atoms with Gasteiger partial charge < -0.3 is 5.73 Å². The number of carbonyl (C=O) groups is 2. The summed E-state index contributed by atoms with van der Waals surface area (Å²) in [5.41, 5.74) is 10.0. The molecule has 1 aromatic carbocycles. The number of piperidine rings is 2. The first-order valence-electron chi connectivity index (χ1n) is 8.85. The van der Waals surface area contributed by atoms with Crippen molar-refractivity contribution in [3.63, 3.8) is 0 Å². The van der Waals surface area contributed by atoms with Gasteiger partial charge in [-0.1, -0.05) is 23.7 Å². The van der Waals surface area contributed by atoms with Gasteiger partial charge in [-0.3, -0.25) is 14.5 Å². The molecule has 136 valence electrons. The van der Waals surface area contributed by atoms with Crippen molar-refractivity contribution in [3.05, 3.63) is 34.9 Å². The smallest absolute Gasteiger partial charge is 0.260 e. The second-order valence-electron chi connectivity index (χ2n) is 6.92. The molecule has 0 spiro atoms. The maximum absolute atomic E-state index is 12.0. The second-order valence-corrected chi connectivity index (χ2v) is 7.36. The third kappa shape index (κ3) is 4.79. The zero-order valence-electron chi connectivity index (χ0n) is 14.3. The van der Waals surface area contributed by atoms with E-state index in [1.54, 1.807) is 0 Å². The van der Waals surface area contributed by atoms with Crippen molar-refractivity contribution in [2.75, 3.05) is 19.6 Å². The molecule has 0 aliphatic carbocycles. The number of hydrogen-bond donors (Lipinski definition) is 2. The third-order valence-corrected chi connectivity index (χ3v) is 5.27. The van der Waals surface area contributed by atoms with Crippen LogP contribution in [-0.4, -0.2) is 47.4 Å². The van der Waals surface area contributed by atoms with Crippen LogP contribution in [0.4, 0.5) is 0 Å². The fourth-order valence-electron chi connectivity index (χ4n) is 3.39. The molecule has 1 aromatic rings. The molecule has 7 heteroatoms. The number of hydrogen-bond acceptors (Lipinski definition) is 5. The Kier molecular flexibility index (Phi) is 6.06. The first-order valence-corrected chi connectivity index (χ1v) is 9.23. The number of carbonyl (C=O) groups excluding carboxylic acids is 2. The summed E-state index contributed by atoms with van der Waals surface area (Å²) in [7, 11) is 0. The third-order valence-electron chi connectivity index (χ3n) is 5.02. The van der Waals surface area contributed by atoms with E-state index in [1.165, 1.54) is 5.56 Å². The highest BCUT2D eigenvalue weighted by atomic mass is 35.5. The molecule has 1 unspecified atom stereocenters. The Balaban J connectivity index is 1.42. The van der Waals surface area contributed by atoms with Crippen molar-refractivity contribution in [1.82, 2.24) is 15.3 Å². The van der Waals surface area contributed by atoms with E-state index in [0.29, 0.717) is 25.3 Å². The average molecular weight is 365 g/mol. The lowest BCUT2D eigenvalue weighted by Crippen LogP contribution is -2.58. The van der Waals surface area contributed by atoms with E-state index in [-0.39, 0.29) is 11.8 Å². The molecule has 6 nitrogen and oxygen atoms in total. The van der Waals surface area contributed by atoms with Crippen molar-refractivity contribution in [3.8, 4) is 0 Å². The quantitative estimate of drug-likeness (QED) is 0.775. The zero-order chi connectivity index (χ0) is 17.8. The van der Waals surface area contributed by atoms with E-state index >= 15 is 0 Å². The fraction of sp³-hybridized carbons (Fsp3) is 0.556. The number of nitrogens with two attached hydrogens (primary N) is 1. The zero-order valence-corrected chi connectivity index (χ0v) is 15.0. The Bertz CT molecular complexity index is 614. The number of imide groups is 1. The summed E-state index contributed by atoms with van der Waals surface area (Å²) in [4.78, 5) is 26.3. The average Bonchev–Trinajstić information content (AvgIpc) is 2.62. The van der Waals surface area contributed by atoms with Gasteiger partial charge in [-0.05, 0) is 56.0 Å². The van der Waals surface area contributed by atoms with Crippen LogP contribution < -0.4 is 11.2 Å². The minimum Gasteiger partial charge on any atom is -0.320 e. The van der Waals surface area contributed by atoms with Gasteiger partial charge in [-0.15, -0.1) is 0 Å². The molecular formula is C18H25ClN4O2. The van der Waals surface area contributed by atoms with Crippen molar-refractivity contribution < 1.29 is 9.59 Å². The predicted molar refractivity (Wildman–Crippen MR) is 96.5 cm³/mol. The monoisotopic (exact) mass is 364 g/mol. The van der Waals surface area contributed by atoms with Gasteiger partial charge in [0.05, 0.1) is 6.04 Å². The number of nitrogens with one attached hydrogen (secondary N) is 1. The van der Waals surface area contributed by atoms with Crippen LogP contribution in [0.15, 0.2) is 24.3 Å². The lowest BCUT2D eigenvalue weighted by Gasteiger charge is -2.34. The number of benzene rings is 1. The maximum Gasteiger partial charge on any atom is 0.260 e. The van der Waals surface area contributed by atoms with Gasteiger partial charge in [0, 0.05) is 24.5 Å². The van der Waals surface area contributed by atoms with Crippen LogP contribution in [0.1, 0.15) is 31.2 Å². The number of rotatable bonds is 5. The van der Waals surface area contributed by atoms with Crippen LogP contribution in [0.5, 0.6) is 0 Å². The minimum absolute atomic E-state index is 0.174. The summed E-state index contributed by atoms with van der Waals surface area (Å²) >= 11 is 5.92. The van der Waals surface area contributed by atoms with E-state index in [2.05, 4.69) is 22.5 Å². The van der Waals surface area contributed by atoms with Gasteiger partial charge in [0.1, 0.15) is 0 Å². The molecule has 3 rings (SSSR count). The molecule has 0 saturated carbocycles. The Labute approximate surface area is 153 Å². The van der Waals surface area contributed by atoms with Crippen LogP contribution in [0.25, 0.3) is 0 Å². The van der Waals surface area contributed by atoms with E-state index in [1.807, 2.05) is 12.1 Å². The highest BCUT2D eigenvalue weighted by Gasteiger charge is 2.32. The predicted octanol–water partition coefficient (Wildman–Crippen LogP) is 1.53. The van der Waals surface area contributed by atoms with Crippen LogP contribution in [0.2, 0.25) is 5.02 Å². The number of likely N-dealkylation sites (tertiary alicyclic amines) is 1. The van der Waals surface area contributed by atoms with Crippen LogP contribution in [0.3, 0.4) is 0 Å². The molecule has 25 heavy (non-hydrogen) atoms. The van der Waals surface area contributed by atoms with Crippen molar-refractivity contribution in [2.45, 2.75) is 38.3 Å². The van der Waals surface area contributed by atoms with Crippen molar-refractivity contribution in [1.29, 1.82) is 0 Å². The van der Waals surface area contributed by atoms with Gasteiger partial charge in [0.25, 0.3) is 5.91 Å². The van der Waals surface area contributed by atoms with Crippen LogP contribution in [0, 0.1) is 5.92 Å². The van der Waals surface area contributed by atoms with Crippen LogP contribution >= 0.6 is 11.6 Å². The van der Waals surface area contributed by atoms with Crippen molar-refractivity contribution in [2.24, 2.45) is 11.7 Å². The van der Waals surface area contributed by atoms with Gasteiger partial charge in [0.15, 0.2) is 0 Å². The molecule has 0 bridgehead atoms. The summed E-state index contributed by atoms with van der Waals surface area (Å²) in [6.45, 7) is 3.58. The molecule has 0 radical (unpaired) electrons. The largest absolute Gasteiger partial charge is 0.320 e. The topological polar surface area (TPSA) is 78.7 Å². The van der Waals surface area contributed by atoms with Crippen LogP contribution in [-0.2, 0) is 16.1 Å². The molecule has 2 saturated heterocycles. The Morgan fingerprint density at radius 1 is 1.12 bits per heavy atom. The van der Waals surface area contributed by atoms with Gasteiger partial charge in [0.2, 0.25) is 5.91 Å². The SMILES string of the molecule is NC1CCC(=O)N(NCC2CCN(Cc3ccc(Cl)cc3)CC2)C1=O. The lowest BCUT2D eigenvalue weighted by molar-refractivity contribution is -0.153. The first-order chi connectivity index (χ1) is 12.0. The summed E-state index contributed by atoms with van der Waals surface area (Å²) in [5.74, 6) is -0.0245. The molecule has 2 aliphatic heterocycles. The summed E-state index contributed by atoms with van der Waals surface area (Å²) in [6, 6.07) is 7.40. The van der Waals surface area contributed by atoms with Gasteiger partial charge >= 0.3 is 0 Å². The Morgan fingerprint density at radius 2 is 1.80 bits per heavy atom. The minimum atomic E-state index is -0.563. The Hall–Kier alpha value is -1.47. The molecular weight excluding hydrogens is 340 g/mol. The molecule has 2 heterocycles. The number of halogens is 1. The summed E-state index contributed by atoms with van der Waals surface area (Å²) < 4.78 is 0. The highest BCUT2D eigenvalue weighted by molar-refractivity contribution is 6.30. The highest BCUT2D eigenvalue weighted by Crippen LogP contribution is 2.20. The number of nitrogens with zero attached hydrogens (tertiary/aromatic N) is 2. The van der Waals surface area contributed by atoms with Crippen molar-refractivity contribution >= 4 is 23.4 Å². The van der Waals surface area contributed by atoms with E-state index in [4.69, 9.17) is 17.3 Å². The fourth-order valence-corrected chi connectivity index (χ4v) is 3.51. The number of hydrazine groups is 1. The normalized spacial score (nSPS) is 23.3.